The van der Waals surface area contributed by atoms with Gasteiger partial charge in [-0.15, -0.1) is 0 Å². The highest BCUT2D eigenvalue weighted by Crippen LogP contribution is 2.12. The zero-order chi connectivity index (χ0) is 14.5. The molecule has 1 amide bonds. The molecule has 4 nitrogen and oxygen atoms in total. The summed E-state index contributed by atoms with van der Waals surface area (Å²) < 4.78 is 5.14. The number of benzene rings is 1. The Kier molecular flexibility index (Phi) is 5.63. The van der Waals surface area contributed by atoms with Crippen LogP contribution in [0, 0.1) is 0 Å². The largest absolute Gasteiger partial charge is 0.444 e. The minimum absolute atomic E-state index is 0.151. The maximum atomic E-state index is 11.6. The molecule has 1 aromatic carbocycles. The molecule has 19 heavy (non-hydrogen) atoms. The van der Waals surface area contributed by atoms with Gasteiger partial charge in [-0.1, -0.05) is 23.7 Å². The summed E-state index contributed by atoms with van der Waals surface area (Å²) in [5, 5.41) is 12.6. The lowest BCUT2D eigenvalue weighted by Gasteiger charge is -2.22. The van der Waals surface area contributed by atoms with Crippen LogP contribution in [0.4, 0.5) is 4.79 Å². The molecule has 106 valence electrons. The first-order chi connectivity index (χ1) is 8.80. The number of halogens is 1. The van der Waals surface area contributed by atoms with Crippen molar-refractivity contribution >= 4 is 17.7 Å². The summed E-state index contributed by atoms with van der Waals surface area (Å²) in [6.45, 7) is 5.22. The molecule has 0 bridgehead atoms. The van der Waals surface area contributed by atoms with Crippen molar-refractivity contribution in [3.05, 3.63) is 34.9 Å². The van der Waals surface area contributed by atoms with E-state index in [9.17, 15) is 9.90 Å². The standard InChI is InChI=1S/C14H20ClNO3/c1-14(2,3)19-13(18)16-12(9-17)8-10-4-6-11(15)7-5-10/h4-7,12,17H,8-9H2,1-3H3,(H,16,18)/t12-/m0/s1. The number of amides is 1. The number of aliphatic hydroxyl groups is 1. The van der Waals surface area contributed by atoms with E-state index in [4.69, 9.17) is 16.3 Å². The number of carbonyl (C=O) groups is 1. The fourth-order valence-electron chi connectivity index (χ4n) is 1.54. The molecule has 1 aromatic rings. The topological polar surface area (TPSA) is 58.6 Å². The van der Waals surface area contributed by atoms with Gasteiger partial charge in [0.15, 0.2) is 0 Å². The minimum atomic E-state index is -0.551. The first kappa shape index (κ1) is 15.8. The lowest BCUT2D eigenvalue weighted by molar-refractivity contribution is 0.0483. The van der Waals surface area contributed by atoms with Crippen molar-refractivity contribution in [3.63, 3.8) is 0 Å². The summed E-state index contributed by atoms with van der Waals surface area (Å²) in [6.07, 6.45) is -0.00656. The van der Waals surface area contributed by atoms with E-state index < -0.39 is 11.7 Å². The number of carbonyl (C=O) groups excluding carboxylic acids is 1. The van der Waals surface area contributed by atoms with Crippen LogP contribution in [0.25, 0.3) is 0 Å². The van der Waals surface area contributed by atoms with Crippen LogP contribution in [0.15, 0.2) is 24.3 Å². The lowest BCUT2D eigenvalue weighted by atomic mass is 10.1. The average Bonchev–Trinajstić information content (AvgIpc) is 2.28. The van der Waals surface area contributed by atoms with Crippen LogP contribution in [0.2, 0.25) is 5.02 Å². The maximum Gasteiger partial charge on any atom is 0.407 e. The van der Waals surface area contributed by atoms with Crippen molar-refractivity contribution in [1.29, 1.82) is 0 Å². The summed E-state index contributed by atoms with van der Waals surface area (Å²) in [7, 11) is 0. The molecule has 0 aliphatic rings. The van der Waals surface area contributed by atoms with Gasteiger partial charge in [0.2, 0.25) is 0 Å². The number of aliphatic hydroxyl groups excluding tert-OH is 1. The molecule has 1 atom stereocenters. The lowest BCUT2D eigenvalue weighted by Crippen LogP contribution is -2.42. The quantitative estimate of drug-likeness (QED) is 0.894. The second-order valence-electron chi connectivity index (χ2n) is 5.36. The molecule has 0 aliphatic carbocycles. The van der Waals surface area contributed by atoms with Crippen LogP contribution in [-0.4, -0.2) is 29.4 Å². The van der Waals surface area contributed by atoms with Crippen molar-refractivity contribution in [3.8, 4) is 0 Å². The molecule has 0 aromatic heterocycles. The molecule has 0 spiro atoms. The highest BCUT2D eigenvalue weighted by atomic mass is 35.5. The summed E-state index contributed by atoms with van der Waals surface area (Å²) >= 11 is 5.80. The molecule has 0 saturated heterocycles. The van der Waals surface area contributed by atoms with Crippen molar-refractivity contribution < 1.29 is 14.6 Å². The van der Waals surface area contributed by atoms with Crippen molar-refractivity contribution in [2.45, 2.75) is 38.8 Å². The zero-order valence-corrected chi connectivity index (χ0v) is 12.2. The second-order valence-corrected chi connectivity index (χ2v) is 5.79. The van der Waals surface area contributed by atoms with E-state index in [-0.39, 0.29) is 12.6 Å². The Hall–Kier alpha value is -1.26. The summed E-state index contributed by atoms with van der Waals surface area (Å²) in [4.78, 5) is 11.6. The van der Waals surface area contributed by atoms with Gasteiger partial charge in [-0.05, 0) is 44.9 Å². The highest BCUT2D eigenvalue weighted by Gasteiger charge is 2.19. The first-order valence-electron chi connectivity index (χ1n) is 6.15. The summed E-state index contributed by atoms with van der Waals surface area (Å²) in [6, 6.07) is 6.90. The number of hydrogen-bond donors (Lipinski definition) is 2. The van der Waals surface area contributed by atoms with E-state index in [1.165, 1.54) is 0 Å². The molecule has 2 N–H and O–H groups in total. The van der Waals surface area contributed by atoms with Crippen LogP contribution in [0.5, 0.6) is 0 Å². The molecule has 0 unspecified atom stereocenters. The van der Waals surface area contributed by atoms with Crippen molar-refractivity contribution in [2.75, 3.05) is 6.61 Å². The molecule has 5 heteroatoms. The van der Waals surface area contributed by atoms with E-state index in [1.54, 1.807) is 32.9 Å². The van der Waals surface area contributed by atoms with Gasteiger partial charge in [0.25, 0.3) is 0 Å². The fraction of sp³-hybridized carbons (Fsp3) is 0.500. The highest BCUT2D eigenvalue weighted by molar-refractivity contribution is 6.30. The van der Waals surface area contributed by atoms with Gasteiger partial charge in [-0.2, -0.15) is 0 Å². The second kappa shape index (κ2) is 6.78. The summed E-state index contributed by atoms with van der Waals surface area (Å²) in [5.41, 5.74) is 0.434. The van der Waals surface area contributed by atoms with Crippen molar-refractivity contribution in [1.82, 2.24) is 5.32 Å². The minimum Gasteiger partial charge on any atom is -0.444 e. The Bertz CT molecular complexity index is 412. The molecule has 0 heterocycles. The Morgan fingerprint density at radius 1 is 1.37 bits per heavy atom. The number of nitrogens with one attached hydrogen (secondary N) is 1. The van der Waals surface area contributed by atoms with Crippen LogP contribution in [0.1, 0.15) is 26.3 Å². The van der Waals surface area contributed by atoms with Crippen LogP contribution < -0.4 is 5.32 Å². The molecule has 1 rings (SSSR count). The third-order valence-corrected chi connectivity index (χ3v) is 2.59. The van der Waals surface area contributed by atoms with Gasteiger partial charge in [-0.25, -0.2) is 4.79 Å². The van der Waals surface area contributed by atoms with Gasteiger partial charge >= 0.3 is 6.09 Å². The van der Waals surface area contributed by atoms with Gasteiger partial charge < -0.3 is 15.2 Å². The summed E-state index contributed by atoms with van der Waals surface area (Å²) in [5.74, 6) is 0. The number of alkyl carbamates (subject to hydrolysis) is 1. The SMILES string of the molecule is CC(C)(C)OC(=O)N[C@H](CO)Cc1ccc(Cl)cc1. The van der Waals surface area contributed by atoms with Crippen LogP contribution in [-0.2, 0) is 11.2 Å². The van der Waals surface area contributed by atoms with E-state index in [0.29, 0.717) is 11.4 Å². The monoisotopic (exact) mass is 285 g/mol. The van der Waals surface area contributed by atoms with Gasteiger partial charge in [-0.3, -0.25) is 0 Å². The van der Waals surface area contributed by atoms with Gasteiger partial charge in [0.05, 0.1) is 12.6 Å². The maximum absolute atomic E-state index is 11.6. The molecule has 0 fully saturated rings. The molecule has 0 radical (unpaired) electrons. The van der Waals surface area contributed by atoms with Crippen molar-refractivity contribution in [2.24, 2.45) is 0 Å². The number of hydrogen-bond acceptors (Lipinski definition) is 3. The van der Waals surface area contributed by atoms with E-state index in [1.807, 2.05) is 12.1 Å². The number of ether oxygens (including phenoxy) is 1. The Morgan fingerprint density at radius 3 is 2.42 bits per heavy atom. The normalized spacial score (nSPS) is 12.9. The van der Waals surface area contributed by atoms with E-state index >= 15 is 0 Å². The van der Waals surface area contributed by atoms with E-state index in [2.05, 4.69) is 5.32 Å². The molecule has 0 saturated carbocycles. The number of rotatable bonds is 4. The molecule has 0 aliphatic heterocycles. The third kappa shape index (κ3) is 6.45. The zero-order valence-electron chi connectivity index (χ0n) is 11.4. The van der Waals surface area contributed by atoms with Gasteiger partial charge in [0, 0.05) is 5.02 Å². The molecular weight excluding hydrogens is 266 g/mol. The smallest absolute Gasteiger partial charge is 0.407 e. The van der Waals surface area contributed by atoms with Crippen LogP contribution in [0.3, 0.4) is 0 Å². The first-order valence-corrected chi connectivity index (χ1v) is 6.53. The average molecular weight is 286 g/mol. The Morgan fingerprint density at radius 2 is 1.95 bits per heavy atom. The van der Waals surface area contributed by atoms with Gasteiger partial charge in [0.1, 0.15) is 5.60 Å². The Balaban J connectivity index is 2.54. The fourth-order valence-corrected chi connectivity index (χ4v) is 1.67. The Labute approximate surface area is 118 Å². The predicted octanol–water partition coefficient (Wildman–Crippen LogP) is 2.77. The predicted molar refractivity (Wildman–Crippen MR) is 75.4 cm³/mol. The van der Waals surface area contributed by atoms with E-state index in [0.717, 1.165) is 5.56 Å². The van der Waals surface area contributed by atoms with Crippen LogP contribution >= 0.6 is 11.6 Å². The third-order valence-electron chi connectivity index (χ3n) is 2.34. The molecular formula is C14H20ClNO3.